The quantitative estimate of drug-likeness (QED) is 0.796. The van der Waals surface area contributed by atoms with Crippen LogP contribution in [0.3, 0.4) is 0 Å². The number of nitrogens with one attached hydrogen (secondary N) is 1. The summed E-state index contributed by atoms with van der Waals surface area (Å²) >= 11 is 0. The highest BCUT2D eigenvalue weighted by Crippen LogP contribution is 2.13. The van der Waals surface area contributed by atoms with Gasteiger partial charge < -0.3 is 24.8 Å². The minimum absolute atomic E-state index is 0.0645. The molecular formula is C20H20F2N2O5. The molecule has 2 amide bonds. The van der Waals surface area contributed by atoms with Crippen molar-refractivity contribution in [1.82, 2.24) is 10.2 Å². The molecule has 2 aromatic rings. The van der Waals surface area contributed by atoms with E-state index in [1.165, 1.54) is 35.2 Å². The van der Waals surface area contributed by atoms with Crippen molar-refractivity contribution < 1.29 is 33.0 Å². The summed E-state index contributed by atoms with van der Waals surface area (Å²) in [5, 5.41) is 12.0. The minimum atomic E-state index is -1.01. The van der Waals surface area contributed by atoms with Gasteiger partial charge in [-0.3, -0.25) is 4.79 Å². The number of amides is 2. The third-order valence-corrected chi connectivity index (χ3v) is 4.36. The van der Waals surface area contributed by atoms with Gasteiger partial charge in [0.25, 0.3) is 5.91 Å². The first-order chi connectivity index (χ1) is 13.9. The van der Waals surface area contributed by atoms with Crippen LogP contribution in [0.5, 0.6) is 5.75 Å². The number of nitrogens with zero attached hydrogens (tertiary/aromatic N) is 1. The fourth-order valence-electron chi connectivity index (χ4n) is 2.80. The number of hydrogen-bond acceptors (Lipinski definition) is 5. The highest BCUT2D eigenvalue weighted by Gasteiger charge is 2.25. The molecule has 7 nitrogen and oxygen atoms in total. The minimum Gasteiger partial charge on any atom is -0.508 e. The van der Waals surface area contributed by atoms with Crippen molar-refractivity contribution in [2.75, 3.05) is 26.2 Å². The second-order valence-electron chi connectivity index (χ2n) is 6.50. The molecule has 2 aromatic carbocycles. The fourth-order valence-corrected chi connectivity index (χ4v) is 2.80. The van der Waals surface area contributed by atoms with E-state index in [4.69, 9.17) is 9.47 Å². The number of carbonyl (C=O) groups is 2. The average Bonchev–Trinajstić information content (AvgIpc) is 2.73. The number of carbonyl (C=O) groups excluding carboxylic acids is 2. The Hall–Kier alpha value is -3.20. The Morgan fingerprint density at radius 2 is 1.93 bits per heavy atom. The Morgan fingerprint density at radius 1 is 1.17 bits per heavy atom. The standard InChI is InChI=1S/C20H20F2N2O5/c21-17-6-1-13(9-18(17)22)12-29-20(27)24-7-8-28-16(11-24)10-23-19(26)14-2-4-15(25)5-3-14/h1-6,9,16,25H,7-8,10-12H2,(H,23,26). The first kappa shape index (κ1) is 20.5. The van der Waals surface area contributed by atoms with Gasteiger partial charge in [0.15, 0.2) is 11.6 Å². The number of benzene rings is 2. The monoisotopic (exact) mass is 406 g/mol. The topological polar surface area (TPSA) is 88.1 Å². The van der Waals surface area contributed by atoms with Crippen LogP contribution in [0.1, 0.15) is 15.9 Å². The summed E-state index contributed by atoms with van der Waals surface area (Å²) < 4.78 is 36.9. The lowest BCUT2D eigenvalue weighted by atomic mass is 10.2. The summed E-state index contributed by atoms with van der Waals surface area (Å²) in [6.45, 7) is 0.813. The molecule has 1 saturated heterocycles. The van der Waals surface area contributed by atoms with Crippen molar-refractivity contribution in [2.24, 2.45) is 0 Å². The van der Waals surface area contributed by atoms with Crippen LogP contribution in [-0.4, -0.2) is 54.4 Å². The molecule has 3 rings (SSSR count). The molecular weight excluding hydrogens is 386 g/mol. The lowest BCUT2D eigenvalue weighted by molar-refractivity contribution is -0.0264. The van der Waals surface area contributed by atoms with Gasteiger partial charge in [0.05, 0.1) is 19.3 Å². The summed E-state index contributed by atoms with van der Waals surface area (Å²) in [4.78, 5) is 25.8. The van der Waals surface area contributed by atoms with E-state index in [9.17, 15) is 23.5 Å². The molecule has 1 unspecified atom stereocenters. The van der Waals surface area contributed by atoms with Gasteiger partial charge in [-0.25, -0.2) is 13.6 Å². The Labute approximate surface area is 165 Å². The smallest absolute Gasteiger partial charge is 0.410 e. The maximum absolute atomic E-state index is 13.2. The molecule has 154 valence electrons. The molecule has 1 aliphatic heterocycles. The Morgan fingerprint density at radius 3 is 2.66 bits per heavy atom. The molecule has 1 fully saturated rings. The van der Waals surface area contributed by atoms with Crippen LogP contribution in [0.2, 0.25) is 0 Å². The van der Waals surface area contributed by atoms with E-state index in [-0.39, 0.29) is 38.0 Å². The second kappa shape index (κ2) is 9.33. The van der Waals surface area contributed by atoms with Gasteiger partial charge in [-0.15, -0.1) is 0 Å². The van der Waals surface area contributed by atoms with Gasteiger partial charge in [0.1, 0.15) is 12.4 Å². The fraction of sp³-hybridized carbons (Fsp3) is 0.300. The largest absolute Gasteiger partial charge is 0.508 e. The van der Waals surface area contributed by atoms with E-state index in [1.54, 1.807) is 0 Å². The van der Waals surface area contributed by atoms with Crippen molar-refractivity contribution in [1.29, 1.82) is 0 Å². The molecule has 0 saturated carbocycles. The molecule has 29 heavy (non-hydrogen) atoms. The maximum atomic E-state index is 13.2. The summed E-state index contributed by atoms with van der Waals surface area (Å²) in [6.07, 6.45) is -1.02. The van der Waals surface area contributed by atoms with Gasteiger partial charge >= 0.3 is 6.09 Å². The summed E-state index contributed by atoms with van der Waals surface area (Å²) in [6, 6.07) is 9.10. The average molecular weight is 406 g/mol. The van der Waals surface area contributed by atoms with E-state index < -0.39 is 23.8 Å². The van der Waals surface area contributed by atoms with Crippen LogP contribution in [0.15, 0.2) is 42.5 Å². The number of phenolic OH excluding ortho intramolecular Hbond substituents is 1. The van der Waals surface area contributed by atoms with Gasteiger partial charge in [0.2, 0.25) is 0 Å². The molecule has 2 N–H and O–H groups in total. The summed E-state index contributed by atoms with van der Waals surface area (Å²) in [5.41, 5.74) is 0.727. The first-order valence-corrected chi connectivity index (χ1v) is 8.97. The second-order valence-corrected chi connectivity index (χ2v) is 6.50. The SMILES string of the molecule is O=C(NCC1CN(C(=O)OCc2ccc(F)c(F)c2)CCO1)c1ccc(O)cc1. The Balaban J connectivity index is 1.46. The first-order valence-electron chi connectivity index (χ1n) is 8.97. The Kier molecular flexibility index (Phi) is 6.61. The molecule has 0 aromatic heterocycles. The van der Waals surface area contributed by atoms with Crippen molar-refractivity contribution in [3.63, 3.8) is 0 Å². The normalized spacial score (nSPS) is 16.3. The van der Waals surface area contributed by atoms with Crippen LogP contribution in [-0.2, 0) is 16.1 Å². The van der Waals surface area contributed by atoms with E-state index in [0.29, 0.717) is 17.7 Å². The van der Waals surface area contributed by atoms with Gasteiger partial charge in [-0.1, -0.05) is 6.07 Å². The van der Waals surface area contributed by atoms with Gasteiger partial charge in [-0.2, -0.15) is 0 Å². The highest BCUT2D eigenvalue weighted by molar-refractivity contribution is 5.94. The number of hydrogen-bond donors (Lipinski definition) is 2. The number of morpholine rings is 1. The summed E-state index contributed by atoms with van der Waals surface area (Å²) in [7, 11) is 0. The molecule has 1 aliphatic rings. The van der Waals surface area contributed by atoms with Crippen molar-refractivity contribution >= 4 is 12.0 Å². The third-order valence-electron chi connectivity index (χ3n) is 4.36. The zero-order chi connectivity index (χ0) is 20.8. The number of rotatable bonds is 5. The number of halogens is 2. The van der Waals surface area contributed by atoms with E-state index in [2.05, 4.69) is 5.32 Å². The van der Waals surface area contributed by atoms with Crippen LogP contribution < -0.4 is 5.32 Å². The molecule has 0 aliphatic carbocycles. The third kappa shape index (κ3) is 5.64. The van der Waals surface area contributed by atoms with Gasteiger partial charge in [0, 0.05) is 18.7 Å². The van der Waals surface area contributed by atoms with E-state index in [0.717, 1.165) is 12.1 Å². The highest BCUT2D eigenvalue weighted by atomic mass is 19.2. The van der Waals surface area contributed by atoms with Crippen molar-refractivity contribution in [2.45, 2.75) is 12.7 Å². The lowest BCUT2D eigenvalue weighted by Gasteiger charge is -2.32. The molecule has 0 bridgehead atoms. The molecule has 1 heterocycles. The number of ether oxygens (including phenoxy) is 2. The van der Waals surface area contributed by atoms with E-state index >= 15 is 0 Å². The van der Waals surface area contributed by atoms with Crippen molar-refractivity contribution in [3.05, 3.63) is 65.2 Å². The zero-order valence-corrected chi connectivity index (χ0v) is 15.4. The van der Waals surface area contributed by atoms with Crippen LogP contribution in [0.4, 0.5) is 13.6 Å². The molecule has 1 atom stereocenters. The van der Waals surface area contributed by atoms with Gasteiger partial charge in [-0.05, 0) is 42.0 Å². The Bertz CT molecular complexity index is 876. The predicted molar refractivity (Wildman–Crippen MR) is 98.3 cm³/mol. The number of aromatic hydroxyl groups is 1. The maximum Gasteiger partial charge on any atom is 0.410 e. The van der Waals surface area contributed by atoms with E-state index in [1.807, 2.05) is 0 Å². The van der Waals surface area contributed by atoms with Crippen LogP contribution in [0.25, 0.3) is 0 Å². The zero-order valence-electron chi connectivity index (χ0n) is 15.4. The lowest BCUT2D eigenvalue weighted by Crippen LogP contribution is -2.49. The molecule has 9 heteroatoms. The molecule has 0 spiro atoms. The number of phenols is 1. The van der Waals surface area contributed by atoms with Crippen molar-refractivity contribution in [3.8, 4) is 5.75 Å². The predicted octanol–water partition coefficient (Wildman–Crippen LogP) is 2.44. The summed E-state index contributed by atoms with van der Waals surface area (Å²) in [5.74, 6) is -2.24. The van der Waals surface area contributed by atoms with Crippen LogP contribution in [0, 0.1) is 11.6 Å². The molecule has 0 radical (unpaired) electrons. The van der Waals surface area contributed by atoms with Crippen LogP contribution >= 0.6 is 0 Å².